The number of nitrogens with zero attached hydrogens (tertiary/aromatic N) is 5. The van der Waals surface area contributed by atoms with Gasteiger partial charge in [0, 0.05) is 50.3 Å². The van der Waals surface area contributed by atoms with Gasteiger partial charge >= 0.3 is 0 Å². The first kappa shape index (κ1) is 15.5. The fourth-order valence-electron chi connectivity index (χ4n) is 2.87. The van der Waals surface area contributed by atoms with Crippen LogP contribution >= 0.6 is 0 Å². The van der Waals surface area contributed by atoms with Crippen LogP contribution in [0.3, 0.4) is 0 Å². The second kappa shape index (κ2) is 6.86. The van der Waals surface area contributed by atoms with Gasteiger partial charge in [-0.1, -0.05) is 5.16 Å². The molecule has 3 aromatic rings. The Hall–Kier alpha value is -3.00. The van der Waals surface area contributed by atoms with E-state index in [4.69, 9.17) is 4.52 Å². The monoisotopic (exact) mass is 338 g/mol. The zero-order chi connectivity index (χ0) is 17.1. The summed E-state index contributed by atoms with van der Waals surface area (Å²) in [6.07, 6.45) is 5.16. The fraction of sp³-hybridized carbons (Fsp3) is 0.294. The van der Waals surface area contributed by atoms with E-state index in [1.54, 1.807) is 24.7 Å². The van der Waals surface area contributed by atoms with E-state index in [2.05, 4.69) is 25.0 Å². The van der Waals surface area contributed by atoms with Crippen LogP contribution < -0.4 is 0 Å². The maximum atomic E-state index is 12.3. The molecule has 3 aromatic heterocycles. The third-order valence-corrected chi connectivity index (χ3v) is 4.25. The predicted molar refractivity (Wildman–Crippen MR) is 89.5 cm³/mol. The molecule has 8 heteroatoms. The summed E-state index contributed by atoms with van der Waals surface area (Å²) < 4.78 is 5.35. The van der Waals surface area contributed by atoms with Crippen molar-refractivity contribution in [3.05, 3.63) is 54.4 Å². The number of carbonyl (C=O) groups excluding carboxylic acids is 1. The van der Waals surface area contributed by atoms with Crippen LogP contribution in [-0.4, -0.2) is 62.0 Å². The lowest BCUT2D eigenvalue weighted by Crippen LogP contribution is -2.48. The topological polar surface area (TPSA) is 91.2 Å². The van der Waals surface area contributed by atoms with Crippen LogP contribution in [-0.2, 0) is 6.54 Å². The van der Waals surface area contributed by atoms with Crippen LogP contribution in [0.25, 0.3) is 11.4 Å². The van der Waals surface area contributed by atoms with Crippen LogP contribution in [0.5, 0.6) is 0 Å². The van der Waals surface area contributed by atoms with Gasteiger partial charge in [0.05, 0.1) is 6.54 Å². The molecule has 4 rings (SSSR count). The molecule has 0 radical (unpaired) electrons. The number of aromatic amines is 1. The van der Waals surface area contributed by atoms with Gasteiger partial charge in [-0.15, -0.1) is 0 Å². The molecule has 1 fully saturated rings. The Kier molecular flexibility index (Phi) is 4.26. The summed E-state index contributed by atoms with van der Waals surface area (Å²) in [7, 11) is 0. The van der Waals surface area contributed by atoms with Crippen molar-refractivity contribution in [1.82, 2.24) is 29.9 Å². The molecule has 0 atom stereocenters. The number of pyridine rings is 1. The molecule has 0 unspecified atom stereocenters. The van der Waals surface area contributed by atoms with Crippen LogP contribution in [0.15, 0.2) is 47.4 Å². The molecule has 1 N–H and O–H groups in total. The van der Waals surface area contributed by atoms with Crippen molar-refractivity contribution in [3.63, 3.8) is 0 Å². The molecule has 0 aliphatic carbocycles. The predicted octanol–water partition coefficient (Wildman–Crippen LogP) is 1.42. The minimum absolute atomic E-state index is 0.0439. The first-order valence-corrected chi connectivity index (χ1v) is 8.17. The lowest BCUT2D eigenvalue weighted by atomic mass is 10.2. The van der Waals surface area contributed by atoms with Gasteiger partial charge in [0.15, 0.2) is 0 Å². The molecule has 8 nitrogen and oxygen atoms in total. The molecule has 0 saturated carbocycles. The zero-order valence-electron chi connectivity index (χ0n) is 13.6. The summed E-state index contributed by atoms with van der Waals surface area (Å²) in [6.45, 7) is 3.51. The van der Waals surface area contributed by atoms with Gasteiger partial charge in [-0.05, 0) is 24.3 Å². The Morgan fingerprint density at radius 1 is 1.16 bits per heavy atom. The Morgan fingerprint density at radius 2 is 1.96 bits per heavy atom. The Morgan fingerprint density at radius 3 is 2.68 bits per heavy atom. The maximum Gasteiger partial charge on any atom is 0.270 e. The molecule has 1 saturated heterocycles. The Labute approximate surface area is 144 Å². The summed E-state index contributed by atoms with van der Waals surface area (Å²) in [5, 5.41) is 4.02. The number of H-pyrrole nitrogens is 1. The van der Waals surface area contributed by atoms with E-state index < -0.39 is 0 Å². The number of carbonyl (C=O) groups is 1. The molecule has 4 heterocycles. The number of rotatable bonds is 4. The van der Waals surface area contributed by atoms with E-state index in [1.165, 1.54) is 0 Å². The smallest absolute Gasteiger partial charge is 0.270 e. The van der Waals surface area contributed by atoms with E-state index in [-0.39, 0.29) is 5.91 Å². The van der Waals surface area contributed by atoms with E-state index in [1.807, 2.05) is 23.1 Å². The lowest BCUT2D eigenvalue weighted by Gasteiger charge is -2.33. The van der Waals surface area contributed by atoms with Crippen LogP contribution in [0, 0.1) is 0 Å². The molecule has 0 aromatic carbocycles. The minimum Gasteiger partial charge on any atom is -0.357 e. The summed E-state index contributed by atoms with van der Waals surface area (Å²) in [4.78, 5) is 27.8. The number of hydrogen-bond acceptors (Lipinski definition) is 6. The average Bonchev–Trinajstić information content (AvgIpc) is 3.35. The lowest BCUT2D eigenvalue weighted by molar-refractivity contribution is 0.0610. The van der Waals surface area contributed by atoms with Crippen molar-refractivity contribution in [1.29, 1.82) is 0 Å². The molecular weight excluding hydrogens is 320 g/mol. The summed E-state index contributed by atoms with van der Waals surface area (Å²) in [5.41, 5.74) is 1.51. The molecule has 1 amide bonds. The second-order valence-corrected chi connectivity index (χ2v) is 5.90. The highest BCUT2D eigenvalue weighted by atomic mass is 16.5. The standard InChI is InChI=1S/C17H18N6O2/c24-17(14-2-1-5-19-14)23-10-8-22(9-11-23)12-15-20-16(21-25-15)13-3-6-18-7-4-13/h1-7,19H,8-12H2. The molecule has 1 aliphatic heterocycles. The highest BCUT2D eigenvalue weighted by Crippen LogP contribution is 2.16. The van der Waals surface area contributed by atoms with Crippen molar-refractivity contribution in [2.45, 2.75) is 6.54 Å². The first-order chi connectivity index (χ1) is 12.3. The largest absolute Gasteiger partial charge is 0.357 e. The minimum atomic E-state index is 0.0439. The molecule has 25 heavy (non-hydrogen) atoms. The third-order valence-electron chi connectivity index (χ3n) is 4.25. The highest BCUT2D eigenvalue weighted by Gasteiger charge is 2.23. The Bertz CT molecular complexity index is 822. The van der Waals surface area contributed by atoms with E-state index in [0.717, 1.165) is 18.7 Å². The Balaban J connectivity index is 1.33. The van der Waals surface area contributed by atoms with E-state index in [9.17, 15) is 4.79 Å². The van der Waals surface area contributed by atoms with Crippen LogP contribution in [0.1, 0.15) is 16.4 Å². The van der Waals surface area contributed by atoms with Gasteiger partial charge in [0.1, 0.15) is 5.69 Å². The summed E-state index contributed by atoms with van der Waals surface area (Å²) >= 11 is 0. The van der Waals surface area contributed by atoms with Crippen molar-refractivity contribution in [2.75, 3.05) is 26.2 Å². The fourth-order valence-corrected chi connectivity index (χ4v) is 2.87. The number of aromatic nitrogens is 4. The van der Waals surface area contributed by atoms with Crippen molar-refractivity contribution in [2.24, 2.45) is 0 Å². The van der Waals surface area contributed by atoms with Crippen molar-refractivity contribution >= 4 is 5.91 Å². The normalized spacial score (nSPS) is 15.4. The summed E-state index contributed by atoms with van der Waals surface area (Å²) in [6, 6.07) is 7.33. The van der Waals surface area contributed by atoms with Gasteiger partial charge in [0.2, 0.25) is 11.7 Å². The number of amides is 1. The third kappa shape index (κ3) is 3.43. The van der Waals surface area contributed by atoms with E-state index in [0.29, 0.717) is 37.0 Å². The van der Waals surface area contributed by atoms with Crippen LogP contribution in [0.2, 0.25) is 0 Å². The average molecular weight is 338 g/mol. The van der Waals surface area contributed by atoms with Gasteiger partial charge in [0.25, 0.3) is 5.91 Å². The number of piperazine rings is 1. The number of nitrogens with one attached hydrogen (secondary N) is 1. The van der Waals surface area contributed by atoms with E-state index >= 15 is 0 Å². The first-order valence-electron chi connectivity index (χ1n) is 8.17. The SMILES string of the molecule is O=C(c1ccc[nH]1)N1CCN(Cc2nc(-c3ccncc3)no2)CC1. The van der Waals surface area contributed by atoms with Gasteiger partial charge < -0.3 is 14.4 Å². The zero-order valence-corrected chi connectivity index (χ0v) is 13.6. The molecule has 0 spiro atoms. The van der Waals surface area contributed by atoms with Crippen LogP contribution in [0.4, 0.5) is 0 Å². The quantitative estimate of drug-likeness (QED) is 0.773. The summed E-state index contributed by atoms with van der Waals surface area (Å²) in [5.74, 6) is 1.19. The maximum absolute atomic E-state index is 12.3. The molecule has 128 valence electrons. The molecular formula is C17H18N6O2. The molecule has 1 aliphatic rings. The number of hydrogen-bond donors (Lipinski definition) is 1. The van der Waals surface area contributed by atoms with Crippen molar-refractivity contribution < 1.29 is 9.32 Å². The van der Waals surface area contributed by atoms with Gasteiger partial charge in [-0.3, -0.25) is 14.7 Å². The van der Waals surface area contributed by atoms with Gasteiger partial charge in [-0.2, -0.15) is 4.98 Å². The second-order valence-electron chi connectivity index (χ2n) is 5.90. The highest BCUT2D eigenvalue weighted by molar-refractivity contribution is 5.92. The van der Waals surface area contributed by atoms with Crippen molar-refractivity contribution in [3.8, 4) is 11.4 Å². The van der Waals surface area contributed by atoms with Gasteiger partial charge in [-0.25, -0.2) is 0 Å². The molecule has 0 bridgehead atoms.